The second-order valence-electron chi connectivity index (χ2n) is 2.10. The quantitative estimate of drug-likeness (QED) is 0.457. The van der Waals surface area contributed by atoms with Crippen molar-refractivity contribution in [3.8, 4) is 0 Å². The molecule has 4 heteroatoms. The standard InChI is InChI=1S/C7H13NO3/c1-3-5(8)6(9)7(10)11-4-2/h5H,3-4,8H2,1-2H3/t5-/m0/s1. The molecule has 0 aromatic rings. The molecule has 0 radical (unpaired) electrons. The average molecular weight is 159 g/mol. The minimum Gasteiger partial charge on any atom is -0.460 e. The Morgan fingerprint density at radius 1 is 1.45 bits per heavy atom. The van der Waals surface area contributed by atoms with E-state index in [-0.39, 0.29) is 6.61 Å². The number of hydrogen-bond donors (Lipinski definition) is 1. The number of esters is 1. The van der Waals surface area contributed by atoms with Crippen molar-refractivity contribution < 1.29 is 14.3 Å². The number of ketones is 1. The van der Waals surface area contributed by atoms with Crippen LogP contribution in [-0.4, -0.2) is 24.4 Å². The summed E-state index contributed by atoms with van der Waals surface area (Å²) in [5.74, 6) is -1.48. The molecule has 0 fully saturated rings. The van der Waals surface area contributed by atoms with Crippen LogP contribution in [0.25, 0.3) is 0 Å². The van der Waals surface area contributed by atoms with E-state index in [4.69, 9.17) is 5.73 Å². The smallest absolute Gasteiger partial charge is 0.376 e. The maximum Gasteiger partial charge on any atom is 0.376 e. The van der Waals surface area contributed by atoms with Crippen molar-refractivity contribution in [2.75, 3.05) is 6.61 Å². The van der Waals surface area contributed by atoms with Crippen LogP contribution < -0.4 is 5.73 Å². The van der Waals surface area contributed by atoms with Crippen LogP contribution in [-0.2, 0) is 14.3 Å². The molecule has 0 saturated carbocycles. The van der Waals surface area contributed by atoms with E-state index in [0.29, 0.717) is 6.42 Å². The van der Waals surface area contributed by atoms with Gasteiger partial charge in [-0.05, 0) is 13.3 Å². The fraction of sp³-hybridized carbons (Fsp3) is 0.714. The van der Waals surface area contributed by atoms with Crippen molar-refractivity contribution in [2.24, 2.45) is 5.73 Å². The normalized spacial score (nSPS) is 12.3. The molecule has 1 atom stereocenters. The van der Waals surface area contributed by atoms with Crippen molar-refractivity contribution >= 4 is 11.8 Å². The minimum absolute atomic E-state index is 0.209. The molecular weight excluding hydrogens is 146 g/mol. The first-order chi connectivity index (χ1) is 5.13. The fourth-order valence-electron chi connectivity index (χ4n) is 0.539. The highest BCUT2D eigenvalue weighted by molar-refractivity contribution is 6.35. The summed E-state index contributed by atoms with van der Waals surface area (Å²) >= 11 is 0. The van der Waals surface area contributed by atoms with Gasteiger partial charge in [0, 0.05) is 0 Å². The van der Waals surface area contributed by atoms with Crippen molar-refractivity contribution in [3.63, 3.8) is 0 Å². The number of carbonyl (C=O) groups is 2. The molecule has 0 saturated heterocycles. The molecule has 0 aliphatic heterocycles. The lowest BCUT2D eigenvalue weighted by Crippen LogP contribution is -2.36. The summed E-state index contributed by atoms with van der Waals surface area (Å²) in [5, 5.41) is 0. The highest BCUT2D eigenvalue weighted by Crippen LogP contribution is 1.91. The van der Waals surface area contributed by atoms with Gasteiger partial charge in [-0.3, -0.25) is 4.79 Å². The first kappa shape index (κ1) is 10.1. The van der Waals surface area contributed by atoms with Gasteiger partial charge in [-0.1, -0.05) is 6.92 Å². The van der Waals surface area contributed by atoms with E-state index in [1.54, 1.807) is 13.8 Å². The monoisotopic (exact) mass is 159 g/mol. The molecule has 0 aliphatic rings. The topological polar surface area (TPSA) is 69.4 Å². The van der Waals surface area contributed by atoms with E-state index < -0.39 is 17.8 Å². The molecular formula is C7H13NO3. The number of rotatable bonds is 4. The van der Waals surface area contributed by atoms with Crippen molar-refractivity contribution in [1.82, 2.24) is 0 Å². The van der Waals surface area contributed by atoms with Gasteiger partial charge in [-0.25, -0.2) is 4.79 Å². The summed E-state index contributed by atoms with van der Waals surface area (Å²) < 4.78 is 4.46. The van der Waals surface area contributed by atoms with Gasteiger partial charge in [-0.2, -0.15) is 0 Å². The Hall–Kier alpha value is -0.900. The Bertz CT molecular complexity index is 156. The van der Waals surface area contributed by atoms with Crippen LogP contribution in [0.4, 0.5) is 0 Å². The summed E-state index contributed by atoms with van der Waals surface area (Å²) in [6, 6.07) is -0.714. The van der Waals surface area contributed by atoms with Crippen LogP contribution in [0.2, 0.25) is 0 Å². The summed E-state index contributed by atoms with van der Waals surface area (Å²) in [6.45, 7) is 3.59. The third kappa shape index (κ3) is 3.13. The van der Waals surface area contributed by atoms with Crippen molar-refractivity contribution in [3.05, 3.63) is 0 Å². The first-order valence-electron chi connectivity index (χ1n) is 3.60. The van der Waals surface area contributed by atoms with Crippen molar-refractivity contribution in [1.29, 1.82) is 0 Å². The van der Waals surface area contributed by atoms with E-state index >= 15 is 0 Å². The maximum absolute atomic E-state index is 10.9. The van der Waals surface area contributed by atoms with E-state index in [9.17, 15) is 9.59 Å². The molecule has 0 rings (SSSR count). The van der Waals surface area contributed by atoms with Crippen molar-refractivity contribution in [2.45, 2.75) is 26.3 Å². The Morgan fingerprint density at radius 2 is 2.00 bits per heavy atom. The summed E-state index contributed by atoms with van der Waals surface area (Å²) in [4.78, 5) is 21.6. The van der Waals surface area contributed by atoms with Crippen LogP contribution in [0, 0.1) is 0 Å². The van der Waals surface area contributed by atoms with Gasteiger partial charge in [0.2, 0.25) is 0 Å². The molecule has 4 nitrogen and oxygen atoms in total. The lowest BCUT2D eigenvalue weighted by atomic mass is 10.1. The number of Topliss-reactive ketones (excluding diaryl/α,β-unsaturated/α-hetero) is 1. The zero-order valence-electron chi connectivity index (χ0n) is 6.79. The van der Waals surface area contributed by atoms with Gasteiger partial charge in [0.05, 0.1) is 12.6 Å². The number of nitrogens with two attached hydrogens (primary N) is 1. The average Bonchev–Trinajstić information content (AvgIpc) is 2.02. The highest BCUT2D eigenvalue weighted by Gasteiger charge is 2.20. The second-order valence-corrected chi connectivity index (χ2v) is 2.10. The number of carbonyl (C=O) groups excluding carboxylic acids is 2. The molecule has 0 aromatic carbocycles. The molecule has 2 N–H and O–H groups in total. The molecule has 0 bridgehead atoms. The number of ether oxygens (including phenoxy) is 1. The van der Waals surface area contributed by atoms with Gasteiger partial charge in [0.25, 0.3) is 5.78 Å². The summed E-state index contributed by atoms with van der Waals surface area (Å²) in [6.07, 6.45) is 0.456. The van der Waals surface area contributed by atoms with Crippen LogP contribution in [0.1, 0.15) is 20.3 Å². The molecule has 64 valence electrons. The van der Waals surface area contributed by atoms with Gasteiger partial charge >= 0.3 is 5.97 Å². The van der Waals surface area contributed by atoms with Crippen LogP contribution in [0.5, 0.6) is 0 Å². The Labute approximate surface area is 65.7 Å². The Kier molecular flexibility index (Phi) is 4.45. The third-order valence-corrected chi connectivity index (χ3v) is 1.25. The molecule has 0 aromatic heterocycles. The van der Waals surface area contributed by atoms with E-state index in [2.05, 4.69) is 4.74 Å². The molecule has 0 unspecified atom stereocenters. The van der Waals surface area contributed by atoms with E-state index in [0.717, 1.165) is 0 Å². The van der Waals surface area contributed by atoms with Gasteiger partial charge < -0.3 is 10.5 Å². The predicted octanol–water partition coefficient (Wildman–Crippen LogP) is -0.144. The third-order valence-electron chi connectivity index (χ3n) is 1.25. The van der Waals surface area contributed by atoms with Crippen LogP contribution >= 0.6 is 0 Å². The lowest BCUT2D eigenvalue weighted by Gasteiger charge is -2.05. The lowest BCUT2D eigenvalue weighted by molar-refractivity contribution is -0.154. The SMILES string of the molecule is CCOC(=O)C(=O)[C@@H](N)CC. The van der Waals surface area contributed by atoms with Gasteiger partial charge in [-0.15, -0.1) is 0 Å². The van der Waals surface area contributed by atoms with E-state index in [1.807, 2.05) is 0 Å². The van der Waals surface area contributed by atoms with Gasteiger partial charge in [0.15, 0.2) is 0 Å². The van der Waals surface area contributed by atoms with Crippen LogP contribution in [0.15, 0.2) is 0 Å². The number of hydrogen-bond acceptors (Lipinski definition) is 4. The predicted molar refractivity (Wildman–Crippen MR) is 39.9 cm³/mol. The maximum atomic E-state index is 10.9. The van der Waals surface area contributed by atoms with Gasteiger partial charge in [0.1, 0.15) is 0 Å². The fourth-order valence-corrected chi connectivity index (χ4v) is 0.539. The molecule has 0 aliphatic carbocycles. The molecule has 0 heterocycles. The van der Waals surface area contributed by atoms with Crippen LogP contribution in [0.3, 0.4) is 0 Å². The first-order valence-corrected chi connectivity index (χ1v) is 3.60. The largest absolute Gasteiger partial charge is 0.460 e. The Morgan fingerprint density at radius 3 is 2.36 bits per heavy atom. The van der Waals surface area contributed by atoms with E-state index in [1.165, 1.54) is 0 Å². The zero-order chi connectivity index (χ0) is 8.85. The second kappa shape index (κ2) is 4.85. The summed E-state index contributed by atoms with van der Waals surface area (Å²) in [5.41, 5.74) is 5.30. The highest BCUT2D eigenvalue weighted by atomic mass is 16.5. The zero-order valence-corrected chi connectivity index (χ0v) is 6.79. The molecule has 0 amide bonds. The summed E-state index contributed by atoms with van der Waals surface area (Å²) in [7, 11) is 0. The molecule has 11 heavy (non-hydrogen) atoms. The Balaban J connectivity index is 3.92. The molecule has 0 spiro atoms. The minimum atomic E-state index is -0.832.